The van der Waals surface area contributed by atoms with E-state index in [9.17, 15) is 4.79 Å². The van der Waals surface area contributed by atoms with E-state index in [0.29, 0.717) is 12.5 Å². The summed E-state index contributed by atoms with van der Waals surface area (Å²) in [6.07, 6.45) is 0. The van der Waals surface area contributed by atoms with E-state index in [4.69, 9.17) is 11.6 Å². The summed E-state index contributed by atoms with van der Waals surface area (Å²) >= 11 is 5.17. The lowest BCUT2D eigenvalue weighted by Crippen LogP contribution is -2.00. The summed E-state index contributed by atoms with van der Waals surface area (Å²) in [7, 11) is 0. The Balaban J connectivity index is 0. The average molecular weight is 124 g/mol. The largest absolute Gasteiger partial charge is 1.00 e. The van der Waals surface area contributed by atoms with Gasteiger partial charge in [0.2, 0.25) is 0 Å². The number of esters is 1. The number of halogens is 1. The highest BCUT2D eigenvalue weighted by atomic mass is 35.5. The molecule has 0 atom stereocenters. The Kier molecular flexibility index (Phi) is 3.80. The second-order valence-corrected chi connectivity index (χ2v) is 1.41. The van der Waals surface area contributed by atoms with Crippen molar-refractivity contribution in [3.8, 4) is 0 Å². The smallest absolute Gasteiger partial charge is 0.465 e. The van der Waals surface area contributed by atoms with Crippen molar-refractivity contribution in [2.75, 3.05) is 12.5 Å². The molecule has 0 aromatic rings. The van der Waals surface area contributed by atoms with Crippen molar-refractivity contribution in [1.82, 2.24) is 0 Å². The predicted octanol–water partition coefficient (Wildman–Crippen LogP) is 0.901. The molecular formula is C4H8ClO2+. The van der Waals surface area contributed by atoms with Crippen LogP contribution in [-0.4, -0.2) is 18.5 Å². The maximum absolute atomic E-state index is 9.92. The normalized spacial score (nSPS) is 8.29. The molecular weight excluding hydrogens is 115 g/mol. The first-order valence-corrected chi connectivity index (χ1v) is 2.50. The van der Waals surface area contributed by atoms with Crippen molar-refractivity contribution in [2.24, 2.45) is 0 Å². The molecule has 0 aliphatic heterocycles. The third-order valence-electron chi connectivity index (χ3n) is 0.382. The maximum atomic E-state index is 9.92. The van der Waals surface area contributed by atoms with E-state index in [1.165, 1.54) is 6.92 Å². The van der Waals surface area contributed by atoms with E-state index < -0.39 is 0 Å². The molecule has 0 radical (unpaired) electrons. The van der Waals surface area contributed by atoms with Crippen molar-refractivity contribution >= 4 is 17.6 Å². The Morgan fingerprint density at radius 3 is 2.71 bits per heavy atom. The van der Waals surface area contributed by atoms with Gasteiger partial charge < -0.3 is 4.74 Å². The van der Waals surface area contributed by atoms with E-state index in [1.807, 2.05) is 0 Å². The molecule has 0 aromatic carbocycles. The van der Waals surface area contributed by atoms with Gasteiger partial charge in [0.05, 0.1) is 5.88 Å². The Hall–Kier alpha value is -0.240. The van der Waals surface area contributed by atoms with Crippen LogP contribution in [0.3, 0.4) is 0 Å². The molecule has 0 saturated carbocycles. The third kappa shape index (κ3) is 5.76. The van der Waals surface area contributed by atoms with Gasteiger partial charge in [-0.25, -0.2) is 0 Å². The minimum atomic E-state index is -0.277. The maximum Gasteiger partial charge on any atom is 1.00 e. The molecule has 0 amide bonds. The lowest BCUT2D eigenvalue weighted by molar-refractivity contribution is -0.140. The van der Waals surface area contributed by atoms with Gasteiger partial charge >= 0.3 is 7.40 Å². The SMILES string of the molecule is CC(=O)OCCCl.[H+]. The number of carbonyl (C=O) groups is 1. The van der Waals surface area contributed by atoms with Crippen molar-refractivity contribution < 1.29 is 11.0 Å². The van der Waals surface area contributed by atoms with Crippen LogP contribution in [0.1, 0.15) is 8.35 Å². The lowest BCUT2D eigenvalue weighted by Gasteiger charge is -1.92. The predicted molar refractivity (Wildman–Crippen MR) is 28.5 cm³/mol. The molecule has 0 fully saturated rings. The van der Waals surface area contributed by atoms with E-state index in [-0.39, 0.29) is 7.40 Å². The van der Waals surface area contributed by atoms with Crippen LogP contribution < -0.4 is 0 Å². The molecule has 0 aliphatic rings. The third-order valence-corrected chi connectivity index (χ3v) is 0.537. The number of rotatable bonds is 2. The summed E-state index contributed by atoms with van der Waals surface area (Å²) in [5.41, 5.74) is 0. The summed E-state index contributed by atoms with van der Waals surface area (Å²) in [4.78, 5) is 9.92. The first kappa shape index (κ1) is 6.76. The van der Waals surface area contributed by atoms with Gasteiger partial charge in [-0.05, 0) is 0 Å². The molecule has 2 nitrogen and oxygen atoms in total. The lowest BCUT2D eigenvalue weighted by atomic mass is 10.8. The van der Waals surface area contributed by atoms with Gasteiger partial charge in [0, 0.05) is 6.92 Å². The Morgan fingerprint density at radius 2 is 2.57 bits per heavy atom. The molecule has 0 heterocycles. The van der Waals surface area contributed by atoms with Gasteiger partial charge in [0.1, 0.15) is 6.61 Å². The Morgan fingerprint density at radius 1 is 2.00 bits per heavy atom. The van der Waals surface area contributed by atoms with Crippen LogP contribution in [0.5, 0.6) is 0 Å². The van der Waals surface area contributed by atoms with Crippen LogP contribution in [0.25, 0.3) is 0 Å². The Bertz CT molecular complexity index is 67.1. The molecule has 0 bridgehead atoms. The highest BCUT2D eigenvalue weighted by molar-refractivity contribution is 6.18. The van der Waals surface area contributed by atoms with Crippen molar-refractivity contribution in [2.45, 2.75) is 6.92 Å². The zero-order valence-electron chi connectivity index (χ0n) is 5.11. The monoisotopic (exact) mass is 123 g/mol. The van der Waals surface area contributed by atoms with Crippen molar-refractivity contribution in [3.05, 3.63) is 0 Å². The van der Waals surface area contributed by atoms with Gasteiger partial charge in [-0.3, -0.25) is 4.79 Å². The molecule has 0 spiro atoms. The van der Waals surface area contributed by atoms with Gasteiger partial charge in [0.15, 0.2) is 0 Å². The van der Waals surface area contributed by atoms with Crippen LogP contribution in [0.4, 0.5) is 0 Å². The number of ether oxygens (including phenoxy) is 1. The second kappa shape index (κ2) is 3.93. The summed E-state index contributed by atoms with van der Waals surface area (Å²) in [6.45, 7) is 1.67. The number of alkyl halides is 1. The topological polar surface area (TPSA) is 26.3 Å². The van der Waals surface area contributed by atoms with Gasteiger partial charge in [-0.2, -0.15) is 0 Å². The molecule has 0 aromatic heterocycles. The fourth-order valence-corrected chi connectivity index (χ4v) is 0.259. The molecule has 3 heteroatoms. The standard InChI is InChI=1S/C4H7ClO2/c1-4(6)7-3-2-5/h2-3H2,1H3/p+1. The van der Waals surface area contributed by atoms with E-state index in [2.05, 4.69) is 4.74 Å². The van der Waals surface area contributed by atoms with Gasteiger partial charge in [-0.1, -0.05) is 0 Å². The zero-order chi connectivity index (χ0) is 5.70. The minimum absolute atomic E-state index is 0. The highest BCUT2D eigenvalue weighted by Crippen LogP contribution is 1.77. The van der Waals surface area contributed by atoms with Crippen molar-refractivity contribution in [3.63, 3.8) is 0 Å². The molecule has 0 N–H and O–H groups in total. The van der Waals surface area contributed by atoms with E-state index >= 15 is 0 Å². The zero-order valence-corrected chi connectivity index (χ0v) is 4.86. The average Bonchev–Trinajstić information content (AvgIpc) is 1.61. The molecule has 0 aliphatic carbocycles. The van der Waals surface area contributed by atoms with Crippen molar-refractivity contribution in [1.29, 1.82) is 0 Å². The van der Waals surface area contributed by atoms with Crippen LogP contribution >= 0.6 is 11.6 Å². The number of carbonyl (C=O) groups excluding carboxylic acids is 1. The van der Waals surface area contributed by atoms with Crippen LogP contribution in [-0.2, 0) is 9.53 Å². The molecule has 0 saturated heterocycles. The summed E-state index contributed by atoms with van der Waals surface area (Å²) in [6, 6.07) is 0. The number of hydrogen-bond acceptors (Lipinski definition) is 2. The summed E-state index contributed by atoms with van der Waals surface area (Å²) < 4.78 is 4.42. The van der Waals surface area contributed by atoms with Crippen LogP contribution in [0, 0.1) is 0 Å². The first-order valence-electron chi connectivity index (χ1n) is 1.96. The molecule has 42 valence electrons. The molecule has 7 heavy (non-hydrogen) atoms. The quantitative estimate of drug-likeness (QED) is 0.403. The van der Waals surface area contributed by atoms with Crippen LogP contribution in [0.15, 0.2) is 0 Å². The molecule has 0 rings (SSSR count). The number of hydrogen-bond donors (Lipinski definition) is 0. The summed E-state index contributed by atoms with van der Waals surface area (Å²) in [5, 5.41) is 0. The first-order chi connectivity index (χ1) is 3.27. The fourth-order valence-electron chi connectivity index (χ4n) is 0.182. The summed E-state index contributed by atoms with van der Waals surface area (Å²) in [5.74, 6) is 0.0974. The minimum Gasteiger partial charge on any atom is -0.465 e. The van der Waals surface area contributed by atoms with E-state index in [1.54, 1.807) is 0 Å². The van der Waals surface area contributed by atoms with Gasteiger partial charge in [-0.15, -0.1) is 11.6 Å². The van der Waals surface area contributed by atoms with E-state index in [0.717, 1.165) is 0 Å². The Labute approximate surface area is 48.9 Å². The van der Waals surface area contributed by atoms with Gasteiger partial charge in [0.25, 0.3) is 0 Å². The second-order valence-electron chi connectivity index (χ2n) is 1.03. The highest BCUT2D eigenvalue weighted by Gasteiger charge is 1.86. The molecule has 0 unspecified atom stereocenters. The fraction of sp³-hybridized carbons (Fsp3) is 0.750. The van der Waals surface area contributed by atoms with Crippen LogP contribution in [0.2, 0.25) is 0 Å².